The van der Waals surface area contributed by atoms with Crippen molar-refractivity contribution in [2.24, 2.45) is 0 Å². The molecule has 2 N–H and O–H groups in total. The van der Waals surface area contributed by atoms with Gasteiger partial charge in [0.25, 0.3) is 5.91 Å². The van der Waals surface area contributed by atoms with Gasteiger partial charge in [0.05, 0.1) is 5.56 Å². The smallest absolute Gasteiger partial charge is 0.326 e. The summed E-state index contributed by atoms with van der Waals surface area (Å²) in [5, 5.41) is 11.6. The number of hydrogen-bond acceptors (Lipinski definition) is 2. The average Bonchev–Trinajstić information content (AvgIpc) is 2.52. The van der Waals surface area contributed by atoms with E-state index in [0.717, 1.165) is 28.8 Å². The molecule has 6 heteroatoms. The lowest BCUT2D eigenvalue weighted by atomic mass is 9.96. The Balaban J connectivity index is 2.25. The van der Waals surface area contributed by atoms with Gasteiger partial charge in [-0.2, -0.15) is 0 Å². The number of carbonyl (C=O) groups is 2. The predicted octanol–water partition coefficient (Wildman–Crippen LogP) is 3.01. The predicted molar refractivity (Wildman–Crippen MR) is 84.9 cm³/mol. The molecule has 2 rings (SSSR count). The second-order valence-electron chi connectivity index (χ2n) is 5.54. The first-order valence-electron chi connectivity index (χ1n) is 7.34. The van der Waals surface area contributed by atoms with Crippen molar-refractivity contribution in [2.45, 2.75) is 26.3 Å². The third-order valence-electron chi connectivity index (χ3n) is 3.85. The van der Waals surface area contributed by atoms with E-state index in [4.69, 9.17) is 0 Å². The number of amides is 1. The zero-order valence-electron chi connectivity index (χ0n) is 13.3. The Morgan fingerprint density at radius 2 is 1.67 bits per heavy atom. The number of aryl methyl sites for hydroxylation is 2. The molecule has 0 fully saturated rings. The first kappa shape index (κ1) is 17.6. The molecule has 0 aliphatic carbocycles. The van der Waals surface area contributed by atoms with Crippen LogP contribution in [-0.4, -0.2) is 23.0 Å². The molecule has 4 nitrogen and oxygen atoms in total. The second kappa shape index (κ2) is 7.21. The zero-order chi connectivity index (χ0) is 17.9. The first-order valence-corrected chi connectivity index (χ1v) is 7.34. The molecule has 0 heterocycles. The van der Waals surface area contributed by atoms with Crippen molar-refractivity contribution < 1.29 is 23.5 Å². The van der Waals surface area contributed by atoms with Gasteiger partial charge in [0, 0.05) is 6.42 Å². The normalized spacial score (nSPS) is 11.8. The molecule has 2 aromatic carbocycles. The van der Waals surface area contributed by atoms with Crippen molar-refractivity contribution in [3.63, 3.8) is 0 Å². The lowest BCUT2D eigenvalue weighted by molar-refractivity contribution is -0.139. The summed E-state index contributed by atoms with van der Waals surface area (Å²) < 4.78 is 26.9. The summed E-state index contributed by atoms with van der Waals surface area (Å²) in [5.74, 6) is -4.68. The van der Waals surface area contributed by atoms with Crippen LogP contribution in [0.2, 0.25) is 0 Å². The number of aliphatic carboxylic acids is 1. The molecular weight excluding hydrogens is 316 g/mol. The highest BCUT2D eigenvalue weighted by molar-refractivity contribution is 5.96. The lowest BCUT2D eigenvalue weighted by Gasteiger charge is -2.17. The van der Waals surface area contributed by atoms with E-state index in [9.17, 15) is 23.5 Å². The number of benzene rings is 2. The largest absolute Gasteiger partial charge is 0.480 e. The molecule has 1 amide bonds. The third-order valence-corrected chi connectivity index (χ3v) is 3.85. The van der Waals surface area contributed by atoms with Crippen LogP contribution >= 0.6 is 0 Å². The molecule has 0 radical (unpaired) electrons. The van der Waals surface area contributed by atoms with Gasteiger partial charge in [-0.3, -0.25) is 4.79 Å². The van der Waals surface area contributed by atoms with Crippen molar-refractivity contribution in [3.05, 3.63) is 70.3 Å². The zero-order valence-corrected chi connectivity index (χ0v) is 13.3. The molecular formula is C18H17F2NO3. The number of hydrogen-bond donors (Lipinski definition) is 2. The van der Waals surface area contributed by atoms with E-state index >= 15 is 0 Å². The van der Waals surface area contributed by atoms with Crippen LogP contribution in [0.25, 0.3) is 0 Å². The summed E-state index contributed by atoms with van der Waals surface area (Å²) in [5.41, 5.74) is 2.06. The molecule has 0 aromatic heterocycles. The van der Waals surface area contributed by atoms with E-state index in [-0.39, 0.29) is 6.42 Å². The van der Waals surface area contributed by atoms with Crippen molar-refractivity contribution in [1.82, 2.24) is 5.32 Å². The second-order valence-corrected chi connectivity index (χ2v) is 5.54. The SMILES string of the molecule is Cc1cccc(C)c1C[C@@H](NC(=O)c1cccc(F)c1F)C(=O)O. The summed E-state index contributed by atoms with van der Waals surface area (Å²) in [6, 6.07) is 7.47. The molecule has 2 aromatic rings. The summed E-state index contributed by atoms with van der Waals surface area (Å²) in [7, 11) is 0. The quantitative estimate of drug-likeness (QED) is 0.884. The summed E-state index contributed by atoms with van der Waals surface area (Å²) in [6.07, 6.45) is 0.0521. The fourth-order valence-electron chi connectivity index (χ4n) is 2.49. The molecule has 0 saturated carbocycles. The third kappa shape index (κ3) is 3.76. The molecule has 0 aliphatic rings. The Labute approximate surface area is 138 Å². The molecule has 0 bridgehead atoms. The van der Waals surface area contributed by atoms with Gasteiger partial charge in [-0.15, -0.1) is 0 Å². The summed E-state index contributed by atoms with van der Waals surface area (Å²) in [6.45, 7) is 3.69. The van der Waals surface area contributed by atoms with Crippen LogP contribution in [0.5, 0.6) is 0 Å². The molecule has 0 saturated heterocycles. The van der Waals surface area contributed by atoms with Crippen LogP contribution < -0.4 is 5.32 Å². The van der Waals surface area contributed by atoms with Gasteiger partial charge in [-0.1, -0.05) is 24.3 Å². The fraction of sp³-hybridized carbons (Fsp3) is 0.222. The van der Waals surface area contributed by atoms with Gasteiger partial charge >= 0.3 is 5.97 Å². The average molecular weight is 333 g/mol. The maximum absolute atomic E-state index is 13.7. The Kier molecular flexibility index (Phi) is 5.28. The van der Waals surface area contributed by atoms with Crippen molar-refractivity contribution in [1.29, 1.82) is 0 Å². The molecule has 0 unspecified atom stereocenters. The number of halogens is 2. The highest BCUT2D eigenvalue weighted by Gasteiger charge is 2.24. The van der Waals surface area contributed by atoms with Crippen molar-refractivity contribution >= 4 is 11.9 Å². The van der Waals surface area contributed by atoms with Crippen LogP contribution in [-0.2, 0) is 11.2 Å². The highest BCUT2D eigenvalue weighted by Crippen LogP contribution is 2.16. The fourth-order valence-corrected chi connectivity index (χ4v) is 2.49. The Bertz CT molecular complexity index is 770. The van der Waals surface area contributed by atoms with Gasteiger partial charge in [-0.05, 0) is 42.7 Å². The maximum atomic E-state index is 13.7. The van der Waals surface area contributed by atoms with Crippen molar-refractivity contribution in [3.8, 4) is 0 Å². The lowest BCUT2D eigenvalue weighted by Crippen LogP contribution is -2.43. The molecule has 0 aliphatic heterocycles. The van der Waals surface area contributed by atoms with E-state index in [2.05, 4.69) is 5.32 Å². The first-order chi connectivity index (χ1) is 11.3. The minimum absolute atomic E-state index is 0.0521. The Morgan fingerprint density at radius 1 is 1.08 bits per heavy atom. The maximum Gasteiger partial charge on any atom is 0.326 e. The highest BCUT2D eigenvalue weighted by atomic mass is 19.2. The van der Waals surface area contributed by atoms with Gasteiger partial charge in [-0.25, -0.2) is 13.6 Å². The number of carboxylic acids is 1. The Morgan fingerprint density at radius 3 is 2.25 bits per heavy atom. The van der Waals surface area contributed by atoms with Crippen LogP contribution in [0, 0.1) is 25.5 Å². The van der Waals surface area contributed by atoms with Gasteiger partial charge in [0.15, 0.2) is 11.6 Å². The molecule has 126 valence electrons. The number of nitrogens with one attached hydrogen (secondary N) is 1. The van der Waals surface area contributed by atoms with E-state index in [0.29, 0.717) is 0 Å². The molecule has 0 spiro atoms. The minimum Gasteiger partial charge on any atom is -0.480 e. The summed E-state index contributed by atoms with van der Waals surface area (Å²) in [4.78, 5) is 23.6. The van der Waals surface area contributed by atoms with E-state index in [1.54, 1.807) is 0 Å². The number of carbonyl (C=O) groups excluding carboxylic acids is 1. The topological polar surface area (TPSA) is 66.4 Å². The monoisotopic (exact) mass is 333 g/mol. The molecule has 1 atom stereocenters. The van der Waals surface area contributed by atoms with E-state index in [1.165, 1.54) is 6.07 Å². The van der Waals surface area contributed by atoms with Crippen LogP contribution in [0.4, 0.5) is 8.78 Å². The minimum atomic E-state index is -1.30. The number of rotatable bonds is 5. The standard InChI is InChI=1S/C18H17F2NO3/c1-10-5-3-6-11(2)13(10)9-15(18(23)24)21-17(22)12-7-4-8-14(19)16(12)20/h3-8,15H,9H2,1-2H3,(H,21,22)(H,23,24)/t15-/m1/s1. The van der Waals surface area contributed by atoms with Crippen LogP contribution in [0.15, 0.2) is 36.4 Å². The van der Waals surface area contributed by atoms with Gasteiger partial charge in [0.1, 0.15) is 6.04 Å². The van der Waals surface area contributed by atoms with Crippen molar-refractivity contribution in [2.75, 3.05) is 0 Å². The van der Waals surface area contributed by atoms with Gasteiger partial charge in [0.2, 0.25) is 0 Å². The van der Waals surface area contributed by atoms with Gasteiger partial charge < -0.3 is 10.4 Å². The Hall–Kier alpha value is -2.76. The number of carboxylic acid groups (broad SMARTS) is 1. The van der Waals surface area contributed by atoms with E-state index in [1.807, 2.05) is 32.0 Å². The summed E-state index contributed by atoms with van der Waals surface area (Å²) >= 11 is 0. The van der Waals surface area contributed by atoms with Crippen LogP contribution in [0.3, 0.4) is 0 Å². The van der Waals surface area contributed by atoms with Crippen LogP contribution in [0.1, 0.15) is 27.0 Å². The van der Waals surface area contributed by atoms with E-state index < -0.39 is 35.1 Å². The molecule has 24 heavy (non-hydrogen) atoms.